The molecule has 11 atom stereocenters. The van der Waals surface area contributed by atoms with Crippen LogP contribution in [0, 0.1) is 0 Å². The van der Waals surface area contributed by atoms with E-state index >= 15 is 0 Å². The summed E-state index contributed by atoms with van der Waals surface area (Å²) in [6.45, 7) is 3.75. The second-order valence-electron chi connectivity index (χ2n) is 21.9. The largest absolute Gasteiger partial charge is 0.457 e. The lowest BCUT2D eigenvalue weighted by molar-refractivity contribution is -0.332. The first-order chi connectivity index (χ1) is 36.1. The van der Waals surface area contributed by atoms with Crippen molar-refractivity contribution in [1.29, 1.82) is 0 Å². The Morgan fingerprint density at radius 3 is 1.23 bits per heavy atom. The number of rotatable bonds is 51. The van der Waals surface area contributed by atoms with E-state index in [1.807, 2.05) is 0 Å². The van der Waals surface area contributed by atoms with E-state index in [0.29, 0.717) is 13.0 Å². The van der Waals surface area contributed by atoms with Crippen molar-refractivity contribution >= 4 is 5.97 Å². The molecule has 0 aromatic carbocycles. The number of hydrogen-bond donors (Lipinski definition) is 7. The molecule has 2 aliphatic rings. The number of aliphatic hydroxyl groups excluding tert-OH is 7. The van der Waals surface area contributed by atoms with Gasteiger partial charge in [-0.2, -0.15) is 0 Å². The SMILES string of the molecule is CCCCCCCCC/C=C\CCCCCCCCCC(=O)OC(COCCCCCCCCCCCCCCCCCCCCCCCC)COC1OC(COC2OC(CO)C(O)C(O)C2O)C(O)C(O)C1O. The van der Waals surface area contributed by atoms with Gasteiger partial charge in [-0.1, -0.05) is 231 Å². The van der Waals surface area contributed by atoms with Crippen molar-refractivity contribution < 1.29 is 69.0 Å². The van der Waals surface area contributed by atoms with E-state index in [9.17, 15) is 40.5 Å². The van der Waals surface area contributed by atoms with Crippen LogP contribution in [0.1, 0.15) is 264 Å². The zero-order chi connectivity index (χ0) is 53.7. The van der Waals surface area contributed by atoms with Gasteiger partial charge in [-0.15, -0.1) is 0 Å². The fourth-order valence-corrected chi connectivity index (χ4v) is 10.0. The van der Waals surface area contributed by atoms with Gasteiger partial charge in [0.25, 0.3) is 0 Å². The average molecular weight is 1060 g/mol. The first-order valence-corrected chi connectivity index (χ1v) is 30.8. The van der Waals surface area contributed by atoms with Crippen molar-refractivity contribution in [3.8, 4) is 0 Å². The van der Waals surface area contributed by atoms with Crippen LogP contribution in [0.15, 0.2) is 12.2 Å². The van der Waals surface area contributed by atoms with E-state index in [1.54, 1.807) is 0 Å². The van der Waals surface area contributed by atoms with Gasteiger partial charge in [-0.25, -0.2) is 0 Å². The molecule has 7 N–H and O–H groups in total. The number of allylic oxidation sites excluding steroid dienone is 2. The minimum Gasteiger partial charge on any atom is -0.457 e. The van der Waals surface area contributed by atoms with Gasteiger partial charge < -0.3 is 64.2 Å². The minimum atomic E-state index is -1.70. The molecule has 0 saturated carbocycles. The van der Waals surface area contributed by atoms with Crippen molar-refractivity contribution in [2.75, 3.05) is 33.0 Å². The number of unbranched alkanes of at least 4 members (excludes halogenated alkanes) is 35. The molecule has 0 bridgehead atoms. The number of ether oxygens (including phenoxy) is 6. The molecule has 2 heterocycles. The molecule has 0 radical (unpaired) electrons. The third kappa shape index (κ3) is 33.9. The third-order valence-electron chi connectivity index (χ3n) is 15.0. The lowest BCUT2D eigenvalue weighted by Crippen LogP contribution is -2.61. The second-order valence-corrected chi connectivity index (χ2v) is 21.9. The normalized spacial score (nSPS) is 24.8. The summed E-state index contributed by atoms with van der Waals surface area (Å²) in [5, 5.41) is 72.4. The summed E-state index contributed by atoms with van der Waals surface area (Å²) in [4.78, 5) is 13.1. The monoisotopic (exact) mass is 1060 g/mol. The smallest absolute Gasteiger partial charge is 0.306 e. The Bertz CT molecular complexity index is 1270. The van der Waals surface area contributed by atoms with Crippen LogP contribution in [0.25, 0.3) is 0 Å². The molecule has 0 aliphatic carbocycles. The Labute approximate surface area is 450 Å². The van der Waals surface area contributed by atoms with Crippen LogP contribution in [0.2, 0.25) is 0 Å². The molecule has 2 aliphatic heterocycles. The first kappa shape index (κ1) is 68.8. The zero-order valence-electron chi connectivity index (χ0n) is 47.1. The second kappa shape index (κ2) is 47.7. The van der Waals surface area contributed by atoms with E-state index in [4.69, 9.17) is 28.4 Å². The van der Waals surface area contributed by atoms with Gasteiger partial charge in [0.05, 0.1) is 26.4 Å². The summed E-state index contributed by atoms with van der Waals surface area (Å²) >= 11 is 0. The van der Waals surface area contributed by atoms with Gasteiger partial charge in [0, 0.05) is 13.0 Å². The standard InChI is InChI=1S/C60H114O14/c1-3-5-7-9-11-13-15-17-19-21-23-24-25-26-28-30-32-34-36-38-40-42-44-69-46-49(72-52(62)43-41-39-37-35-33-31-29-27-22-20-18-16-14-12-10-8-6-4-2)47-70-59-58(68)56(66)54(64)51(74-59)48-71-60-57(67)55(65)53(63)50(45-61)73-60/h20,22,49-51,53-61,63-68H,3-19,21,23-48H2,1-2H3/b22-20-. The highest BCUT2D eigenvalue weighted by Gasteiger charge is 2.47. The number of aliphatic hydroxyl groups is 7. The summed E-state index contributed by atoms with van der Waals surface area (Å²) in [7, 11) is 0. The zero-order valence-corrected chi connectivity index (χ0v) is 47.1. The first-order valence-electron chi connectivity index (χ1n) is 30.8. The summed E-state index contributed by atoms with van der Waals surface area (Å²) < 4.78 is 34.5. The van der Waals surface area contributed by atoms with Gasteiger partial charge in [-0.3, -0.25) is 4.79 Å². The van der Waals surface area contributed by atoms with Crippen LogP contribution >= 0.6 is 0 Å². The quantitative estimate of drug-likeness (QED) is 0.0172. The molecule has 438 valence electrons. The van der Waals surface area contributed by atoms with E-state index in [0.717, 1.165) is 44.9 Å². The average Bonchev–Trinajstić information content (AvgIpc) is 3.40. The van der Waals surface area contributed by atoms with Crippen molar-refractivity contribution in [3.05, 3.63) is 12.2 Å². The predicted molar refractivity (Wildman–Crippen MR) is 294 cm³/mol. The molecular weight excluding hydrogens is 945 g/mol. The Morgan fingerprint density at radius 1 is 0.432 bits per heavy atom. The fraction of sp³-hybridized carbons (Fsp3) is 0.950. The molecule has 14 nitrogen and oxygen atoms in total. The van der Waals surface area contributed by atoms with Crippen LogP contribution in [-0.4, -0.2) is 142 Å². The lowest BCUT2D eigenvalue weighted by atomic mass is 9.98. The Morgan fingerprint density at radius 2 is 0.797 bits per heavy atom. The number of hydrogen-bond acceptors (Lipinski definition) is 14. The van der Waals surface area contributed by atoms with E-state index in [2.05, 4.69) is 26.0 Å². The van der Waals surface area contributed by atoms with Crippen LogP contribution < -0.4 is 0 Å². The van der Waals surface area contributed by atoms with Gasteiger partial charge in [-0.05, 0) is 38.5 Å². The van der Waals surface area contributed by atoms with Gasteiger partial charge in [0.1, 0.15) is 54.9 Å². The number of carbonyl (C=O) groups excluding carboxylic acids is 1. The fourth-order valence-electron chi connectivity index (χ4n) is 10.0. The molecule has 74 heavy (non-hydrogen) atoms. The van der Waals surface area contributed by atoms with Crippen LogP contribution in [0.5, 0.6) is 0 Å². The lowest BCUT2D eigenvalue weighted by Gasteiger charge is -2.42. The topological polar surface area (TPSA) is 214 Å². The Hall–Kier alpha value is -1.27. The molecule has 2 saturated heterocycles. The Balaban J connectivity index is 1.68. The summed E-state index contributed by atoms with van der Waals surface area (Å²) in [6, 6.07) is 0. The summed E-state index contributed by atoms with van der Waals surface area (Å²) in [5.74, 6) is -0.374. The van der Waals surface area contributed by atoms with Crippen LogP contribution in [-0.2, 0) is 33.2 Å². The van der Waals surface area contributed by atoms with Gasteiger partial charge >= 0.3 is 5.97 Å². The van der Waals surface area contributed by atoms with Crippen molar-refractivity contribution in [1.82, 2.24) is 0 Å². The highest BCUT2D eigenvalue weighted by atomic mass is 16.7. The van der Waals surface area contributed by atoms with Gasteiger partial charge in [0.15, 0.2) is 12.6 Å². The maximum atomic E-state index is 13.1. The maximum Gasteiger partial charge on any atom is 0.306 e. The van der Waals surface area contributed by atoms with Crippen LogP contribution in [0.4, 0.5) is 0 Å². The Kier molecular flexibility index (Phi) is 44.4. The molecule has 14 heteroatoms. The van der Waals surface area contributed by atoms with Crippen LogP contribution in [0.3, 0.4) is 0 Å². The minimum absolute atomic E-state index is 0.0664. The summed E-state index contributed by atoms with van der Waals surface area (Å²) in [5.41, 5.74) is 0. The van der Waals surface area contributed by atoms with E-state index in [1.165, 1.54) is 193 Å². The highest BCUT2D eigenvalue weighted by molar-refractivity contribution is 5.69. The van der Waals surface area contributed by atoms with Crippen molar-refractivity contribution in [2.45, 2.75) is 332 Å². The molecule has 0 aromatic rings. The van der Waals surface area contributed by atoms with Crippen molar-refractivity contribution in [3.63, 3.8) is 0 Å². The number of carbonyl (C=O) groups is 1. The molecule has 11 unspecified atom stereocenters. The van der Waals surface area contributed by atoms with Gasteiger partial charge in [0.2, 0.25) is 0 Å². The predicted octanol–water partition coefficient (Wildman–Crippen LogP) is 11.4. The highest BCUT2D eigenvalue weighted by Crippen LogP contribution is 2.27. The maximum absolute atomic E-state index is 13.1. The summed E-state index contributed by atoms with van der Waals surface area (Å²) in [6.07, 6.45) is 37.0. The molecule has 0 aromatic heterocycles. The third-order valence-corrected chi connectivity index (χ3v) is 15.0. The molecule has 0 spiro atoms. The molecule has 2 rings (SSSR count). The molecule has 2 fully saturated rings. The van der Waals surface area contributed by atoms with E-state index < -0.39 is 80.7 Å². The van der Waals surface area contributed by atoms with E-state index in [-0.39, 0.29) is 25.6 Å². The number of esters is 1. The molecule has 0 amide bonds. The van der Waals surface area contributed by atoms with Crippen molar-refractivity contribution in [2.24, 2.45) is 0 Å². The molecular formula is C60H114O14.